The van der Waals surface area contributed by atoms with Crippen molar-refractivity contribution in [2.45, 2.75) is 25.9 Å². The molecule has 0 saturated heterocycles. The molecule has 6 heteroatoms. The van der Waals surface area contributed by atoms with Crippen LogP contribution in [0.3, 0.4) is 0 Å². The van der Waals surface area contributed by atoms with Gasteiger partial charge in [-0.25, -0.2) is 4.98 Å². The average Bonchev–Trinajstić information content (AvgIpc) is 3.04. The zero-order valence-corrected chi connectivity index (χ0v) is 12.7. The molecule has 1 atom stereocenters. The molecular formula is C15H19N3O2S. The zero-order chi connectivity index (χ0) is 15.1. The molecule has 2 rings (SSSR count). The number of hydrogen-bond donors (Lipinski definition) is 3. The smallest absolute Gasteiger partial charge is 0.251 e. The molecule has 21 heavy (non-hydrogen) atoms. The molecule has 0 saturated carbocycles. The molecule has 1 aromatic carbocycles. The number of aliphatic hydroxyl groups is 1. The minimum Gasteiger partial charge on any atom is -0.394 e. The molecule has 1 unspecified atom stereocenters. The van der Waals surface area contributed by atoms with E-state index in [4.69, 9.17) is 5.11 Å². The molecule has 0 bridgehead atoms. The molecule has 1 heterocycles. The Morgan fingerprint density at radius 1 is 1.38 bits per heavy atom. The van der Waals surface area contributed by atoms with Crippen molar-refractivity contribution < 1.29 is 9.90 Å². The van der Waals surface area contributed by atoms with Crippen molar-refractivity contribution in [1.82, 2.24) is 10.3 Å². The van der Waals surface area contributed by atoms with Gasteiger partial charge < -0.3 is 15.7 Å². The molecule has 5 nitrogen and oxygen atoms in total. The number of rotatable bonds is 7. The number of nitrogens with zero attached hydrogens (tertiary/aromatic N) is 1. The molecular weight excluding hydrogens is 286 g/mol. The van der Waals surface area contributed by atoms with Gasteiger partial charge >= 0.3 is 0 Å². The molecule has 0 radical (unpaired) electrons. The van der Waals surface area contributed by atoms with Crippen molar-refractivity contribution in [3.8, 4) is 0 Å². The Labute approximate surface area is 128 Å². The van der Waals surface area contributed by atoms with Gasteiger partial charge in [0, 0.05) is 22.8 Å². The van der Waals surface area contributed by atoms with Crippen LogP contribution in [0.1, 0.15) is 28.7 Å². The van der Waals surface area contributed by atoms with E-state index in [1.54, 1.807) is 29.7 Å². The Balaban J connectivity index is 1.90. The van der Waals surface area contributed by atoms with Gasteiger partial charge in [-0.15, -0.1) is 11.3 Å². The van der Waals surface area contributed by atoms with Crippen LogP contribution >= 0.6 is 11.3 Å². The fourth-order valence-corrected chi connectivity index (χ4v) is 2.36. The highest BCUT2D eigenvalue weighted by Crippen LogP contribution is 2.12. The summed E-state index contributed by atoms with van der Waals surface area (Å²) in [4.78, 5) is 16.2. The van der Waals surface area contributed by atoms with Crippen molar-refractivity contribution in [3.05, 3.63) is 46.4 Å². The Kier molecular flexibility index (Phi) is 5.71. The lowest BCUT2D eigenvalue weighted by atomic mass is 10.1. The Hall–Kier alpha value is -1.92. The largest absolute Gasteiger partial charge is 0.394 e. The lowest BCUT2D eigenvalue weighted by Gasteiger charge is -2.14. The second-order valence-electron chi connectivity index (χ2n) is 4.62. The first-order valence-corrected chi connectivity index (χ1v) is 7.75. The summed E-state index contributed by atoms with van der Waals surface area (Å²) in [7, 11) is 0. The van der Waals surface area contributed by atoms with E-state index in [0.29, 0.717) is 18.5 Å². The van der Waals surface area contributed by atoms with Gasteiger partial charge in [-0.3, -0.25) is 4.79 Å². The SMILES string of the molecule is CCC(CO)NC(=O)c1ccc(NCc2nccs2)cc1. The number of nitrogens with one attached hydrogen (secondary N) is 2. The molecule has 0 spiro atoms. The van der Waals surface area contributed by atoms with E-state index in [1.807, 2.05) is 24.4 Å². The summed E-state index contributed by atoms with van der Waals surface area (Å²) >= 11 is 1.60. The third-order valence-corrected chi connectivity index (χ3v) is 3.90. The van der Waals surface area contributed by atoms with Gasteiger partial charge in [-0.1, -0.05) is 6.92 Å². The van der Waals surface area contributed by atoms with Crippen LogP contribution in [0, 0.1) is 0 Å². The van der Waals surface area contributed by atoms with E-state index < -0.39 is 0 Å². The lowest BCUT2D eigenvalue weighted by Crippen LogP contribution is -2.36. The highest BCUT2D eigenvalue weighted by molar-refractivity contribution is 7.09. The normalized spacial score (nSPS) is 11.9. The van der Waals surface area contributed by atoms with E-state index in [-0.39, 0.29) is 18.6 Å². The molecule has 0 fully saturated rings. The predicted molar refractivity (Wildman–Crippen MR) is 84.5 cm³/mol. The highest BCUT2D eigenvalue weighted by Gasteiger charge is 2.10. The Bertz CT molecular complexity index is 551. The Morgan fingerprint density at radius 2 is 2.14 bits per heavy atom. The minimum atomic E-state index is -0.194. The summed E-state index contributed by atoms with van der Waals surface area (Å²) in [6.07, 6.45) is 2.48. The number of hydrogen-bond acceptors (Lipinski definition) is 5. The molecule has 1 amide bonds. The molecule has 0 aliphatic heterocycles. The van der Waals surface area contributed by atoms with Gasteiger partial charge in [0.05, 0.1) is 19.2 Å². The predicted octanol–water partition coefficient (Wildman–Crippen LogP) is 2.26. The van der Waals surface area contributed by atoms with Gasteiger partial charge in [0.15, 0.2) is 0 Å². The van der Waals surface area contributed by atoms with Gasteiger partial charge in [0.1, 0.15) is 5.01 Å². The number of aliphatic hydroxyl groups excluding tert-OH is 1. The number of aromatic nitrogens is 1. The number of carbonyl (C=O) groups excluding carboxylic acids is 1. The summed E-state index contributed by atoms with van der Waals surface area (Å²) in [5, 5.41) is 18.1. The maximum absolute atomic E-state index is 12.0. The van der Waals surface area contributed by atoms with E-state index >= 15 is 0 Å². The molecule has 0 aliphatic carbocycles. The van der Waals surface area contributed by atoms with E-state index in [0.717, 1.165) is 10.7 Å². The van der Waals surface area contributed by atoms with Crippen molar-refractivity contribution >= 4 is 22.9 Å². The van der Waals surface area contributed by atoms with Crippen LogP contribution in [-0.4, -0.2) is 28.6 Å². The van der Waals surface area contributed by atoms with Gasteiger partial charge in [0.25, 0.3) is 5.91 Å². The number of benzene rings is 1. The average molecular weight is 305 g/mol. The standard InChI is InChI=1S/C15H19N3O2S/c1-2-12(10-19)18-15(20)11-3-5-13(6-4-11)17-9-14-16-7-8-21-14/h3-8,12,17,19H,2,9-10H2,1H3,(H,18,20). The quantitative estimate of drug-likeness (QED) is 0.733. The van der Waals surface area contributed by atoms with Gasteiger partial charge in [-0.05, 0) is 30.7 Å². The van der Waals surface area contributed by atoms with E-state index in [9.17, 15) is 4.79 Å². The molecule has 2 aromatic rings. The first-order valence-electron chi connectivity index (χ1n) is 6.87. The van der Waals surface area contributed by atoms with Crippen LogP contribution in [0.5, 0.6) is 0 Å². The van der Waals surface area contributed by atoms with Crippen molar-refractivity contribution in [2.24, 2.45) is 0 Å². The number of anilines is 1. The second-order valence-corrected chi connectivity index (χ2v) is 5.60. The number of thiazole rings is 1. The van der Waals surface area contributed by atoms with Crippen molar-refractivity contribution in [3.63, 3.8) is 0 Å². The third-order valence-electron chi connectivity index (χ3n) is 3.12. The number of amides is 1. The first-order chi connectivity index (χ1) is 10.2. The second kappa shape index (κ2) is 7.75. The van der Waals surface area contributed by atoms with Crippen LogP contribution in [-0.2, 0) is 6.54 Å². The maximum Gasteiger partial charge on any atom is 0.251 e. The van der Waals surface area contributed by atoms with Crippen LogP contribution in [0.25, 0.3) is 0 Å². The van der Waals surface area contributed by atoms with Crippen molar-refractivity contribution in [1.29, 1.82) is 0 Å². The summed E-state index contributed by atoms with van der Waals surface area (Å²) in [6, 6.07) is 7.07. The van der Waals surface area contributed by atoms with Crippen LogP contribution in [0.4, 0.5) is 5.69 Å². The third kappa shape index (κ3) is 4.54. The molecule has 112 valence electrons. The highest BCUT2D eigenvalue weighted by atomic mass is 32.1. The van der Waals surface area contributed by atoms with Gasteiger partial charge in [0.2, 0.25) is 0 Å². The monoisotopic (exact) mass is 305 g/mol. The molecule has 3 N–H and O–H groups in total. The summed E-state index contributed by atoms with van der Waals surface area (Å²) in [5.74, 6) is -0.164. The fourth-order valence-electron chi connectivity index (χ4n) is 1.80. The maximum atomic E-state index is 12.0. The fraction of sp³-hybridized carbons (Fsp3) is 0.333. The zero-order valence-electron chi connectivity index (χ0n) is 11.9. The first kappa shape index (κ1) is 15.5. The number of carbonyl (C=O) groups is 1. The molecule has 1 aromatic heterocycles. The topological polar surface area (TPSA) is 74.2 Å². The lowest BCUT2D eigenvalue weighted by molar-refractivity contribution is 0.0915. The minimum absolute atomic E-state index is 0.0459. The van der Waals surface area contributed by atoms with Crippen LogP contribution in [0.15, 0.2) is 35.8 Å². The molecule has 0 aliphatic rings. The summed E-state index contributed by atoms with van der Waals surface area (Å²) < 4.78 is 0. The summed E-state index contributed by atoms with van der Waals surface area (Å²) in [5.41, 5.74) is 1.53. The van der Waals surface area contributed by atoms with E-state index in [1.165, 1.54) is 0 Å². The van der Waals surface area contributed by atoms with Crippen molar-refractivity contribution in [2.75, 3.05) is 11.9 Å². The summed E-state index contributed by atoms with van der Waals surface area (Å²) in [6.45, 7) is 2.55. The van der Waals surface area contributed by atoms with Gasteiger partial charge in [-0.2, -0.15) is 0 Å². The van der Waals surface area contributed by atoms with Crippen LogP contribution in [0.2, 0.25) is 0 Å². The Morgan fingerprint density at radius 3 is 2.71 bits per heavy atom. The van der Waals surface area contributed by atoms with E-state index in [2.05, 4.69) is 15.6 Å². The van der Waals surface area contributed by atoms with Crippen LogP contribution < -0.4 is 10.6 Å².